The molecule has 3 unspecified atom stereocenters. The van der Waals surface area contributed by atoms with Gasteiger partial charge in [-0.15, -0.1) is 0 Å². The minimum atomic E-state index is -4.22. The largest absolute Gasteiger partial charge is 0.302 e. The SMILES string of the molecule is CC(C)C(C)NC1(C)C=CC=C2C=CC(C)(S(=O)(=O)O)C=CC2=C1. The highest BCUT2D eigenvalue weighted by atomic mass is 32.2. The molecular weight excluding hydrogens is 322 g/mol. The number of allylic oxidation sites excluding steroid dienone is 6. The quantitative estimate of drug-likeness (QED) is 0.762. The molecule has 2 N–H and O–H groups in total. The zero-order valence-corrected chi connectivity index (χ0v) is 15.8. The van der Waals surface area contributed by atoms with Crippen molar-refractivity contribution in [2.45, 2.75) is 50.9 Å². The van der Waals surface area contributed by atoms with Gasteiger partial charge >= 0.3 is 0 Å². The Morgan fingerprint density at radius 3 is 2.17 bits per heavy atom. The first-order valence-corrected chi connectivity index (χ1v) is 9.66. The Morgan fingerprint density at radius 2 is 1.62 bits per heavy atom. The minimum Gasteiger partial charge on any atom is -0.302 e. The summed E-state index contributed by atoms with van der Waals surface area (Å²) in [6.07, 6.45) is 14.7. The van der Waals surface area contributed by atoms with Gasteiger partial charge in [0.05, 0.1) is 5.54 Å². The number of hydrogen-bond acceptors (Lipinski definition) is 3. The van der Waals surface area contributed by atoms with Crippen LogP contribution in [0.25, 0.3) is 0 Å². The van der Waals surface area contributed by atoms with E-state index in [1.807, 2.05) is 12.2 Å². The minimum absolute atomic E-state index is 0.325. The van der Waals surface area contributed by atoms with Crippen LogP contribution in [-0.2, 0) is 10.1 Å². The maximum absolute atomic E-state index is 11.7. The van der Waals surface area contributed by atoms with Crippen LogP contribution in [0.15, 0.2) is 59.8 Å². The number of nitrogens with one attached hydrogen (secondary N) is 1. The fourth-order valence-corrected chi connectivity index (χ4v) is 3.16. The van der Waals surface area contributed by atoms with Gasteiger partial charge in [0.25, 0.3) is 10.1 Å². The summed E-state index contributed by atoms with van der Waals surface area (Å²) in [4.78, 5) is 0. The second-order valence-electron chi connectivity index (χ2n) is 7.37. The molecule has 2 rings (SSSR count). The van der Waals surface area contributed by atoms with Crippen LogP contribution in [0.4, 0.5) is 0 Å². The van der Waals surface area contributed by atoms with Gasteiger partial charge in [-0.05, 0) is 37.8 Å². The molecule has 5 heteroatoms. The second-order valence-corrected chi connectivity index (χ2v) is 9.20. The predicted molar refractivity (Wildman–Crippen MR) is 99.4 cm³/mol. The fourth-order valence-electron chi connectivity index (χ4n) is 2.68. The molecule has 0 aromatic carbocycles. The lowest BCUT2D eigenvalue weighted by Crippen LogP contribution is -2.46. The Bertz CT molecular complexity index is 755. The maximum Gasteiger partial charge on any atom is 0.277 e. The van der Waals surface area contributed by atoms with Crippen LogP contribution >= 0.6 is 0 Å². The standard InChI is InChI=1S/C19H27NO3S/c1-14(2)15(3)20-18(4)10-6-7-16-8-11-19(5,24(21,22)23)12-9-17(16)13-18/h6-15,20H,1-5H3,(H,21,22,23). The van der Waals surface area contributed by atoms with Crippen molar-refractivity contribution < 1.29 is 13.0 Å². The maximum atomic E-state index is 11.7. The van der Waals surface area contributed by atoms with E-state index in [9.17, 15) is 13.0 Å². The first-order valence-electron chi connectivity index (χ1n) is 8.22. The summed E-state index contributed by atoms with van der Waals surface area (Å²) in [6.45, 7) is 10.1. The van der Waals surface area contributed by atoms with Crippen LogP contribution < -0.4 is 5.32 Å². The molecule has 0 fully saturated rings. The molecule has 3 atom stereocenters. The summed E-state index contributed by atoms with van der Waals surface area (Å²) in [6, 6.07) is 0.325. The number of fused-ring (bicyclic) bond motifs is 1. The van der Waals surface area contributed by atoms with Gasteiger partial charge in [-0.1, -0.05) is 62.5 Å². The van der Waals surface area contributed by atoms with Crippen molar-refractivity contribution in [3.05, 3.63) is 59.8 Å². The van der Waals surface area contributed by atoms with E-state index in [0.29, 0.717) is 12.0 Å². The van der Waals surface area contributed by atoms with Gasteiger partial charge in [-0.3, -0.25) is 4.55 Å². The topological polar surface area (TPSA) is 66.4 Å². The zero-order valence-electron chi connectivity index (χ0n) is 14.9. The molecule has 0 spiro atoms. The molecule has 0 saturated heterocycles. The van der Waals surface area contributed by atoms with Crippen molar-refractivity contribution in [2.75, 3.05) is 0 Å². The Balaban J connectivity index is 2.44. The van der Waals surface area contributed by atoms with Crippen LogP contribution in [0, 0.1) is 5.92 Å². The molecule has 0 aliphatic heterocycles. The lowest BCUT2D eigenvalue weighted by atomic mass is 9.94. The smallest absolute Gasteiger partial charge is 0.277 e. The first kappa shape index (κ1) is 18.9. The lowest BCUT2D eigenvalue weighted by Gasteiger charge is -2.31. The highest BCUT2D eigenvalue weighted by Crippen LogP contribution is 2.30. The molecule has 0 heterocycles. The van der Waals surface area contributed by atoms with E-state index in [1.165, 1.54) is 19.1 Å². The monoisotopic (exact) mass is 349 g/mol. The van der Waals surface area contributed by atoms with Crippen LogP contribution in [-0.4, -0.2) is 29.3 Å². The highest BCUT2D eigenvalue weighted by Gasteiger charge is 2.34. The van der Waals surface area contributed by atoms with E-state index in [0.717, 1.165) is 11.1 Å². The summed E-state index contributed by atoms with van der Waals surface area (Å²) in [5.41, 5.74) is 1.50. The third kappa shape index (κ3) is 3.97. The van der Waals surface area contributed by atoms with E-state index >= 15 is 0 Å². The van der Waals surface area contributed by atoms with Crippen molar-refractivity contribution in [2.24, 2.45) is 5.92 Å². The molecular formula is C19H27NO3S. The van der Waals surface area contributed by atoms with Crippen LogP contribution in [0.5, 0.6) is 0 Å². The van der Waals surface area contributed by atoms with Crippen molar-refractivity contribution in [1.29, 1.82) is 0 Å². The van der Waals surface area contributed by atoms with E-state index in [-0.39, 0.29) is 5.54 Å². The lowest BCUT2D eigenvalue weighted by molar-refractivity contribution is 0.368. The molecule has 4 nitrogen and oxygen atoms in total. The Morgan fingerprint density at radius 1 is 1.04 bits per heavy atom. The van der Waals surface area contributed by atoms with Gasteiger partial charge in [-0.2, -0.15) is 8.42 Å². The normalized spacial score (nSPS) is 31.1. The molecule has 0 amide bonds. The van der Waals surface area contributed by atoms with Crippen molar-refractivity contribution in [3.8, 4) is 0 Å². The Labute approximate surface area is 145 Å². The summed E-state index contributed by atoms with van der Waals surface area (Å²) in [5, 5.41) is 3.62. The van der Waals surface area contributed by atoms with Crippen molar-refractivity contribution >= 4 is 10.1 Å². The summed E-state index contributed by atoms with van der Waals surface area (Å²) >= 11 is 0. The molecule has 0 bridgehead atoms. The molecule has 0 aromatic rings. The van der Waals surface area contributed by atoms with Gasteiger partial charge in [-0.25, -0.2) is 0 Å². The molecule has 0 saturated carbocycles. The fraction of sp³-hybridized carbons (Fsp3) is 0.474. The van der Waals surface area contributed by atoms with Gasteiger partial charge in [0.2, 0.25) is 0 Å². The third-order valence-corrected chi connectivity index (χ3v) is 6.17. The van der Waals surface area contributed by atoms with Crippen LogP contribution in [0.3, 0.4) is 0 Å². The average Bonchev–Trinajstić information content (AvgIpc) is 2.69. The van der Waals surface area contributed by atoms with Crippen molar-refractivity contribution in [1.82, 2.24) is 5.32 Å². The molecule has 2 aliphatic carbocycles. The van der Waals surface area contributed by atoms with Gasteiger partial charge in [0.1, 0.15) is 4.75 Å². The van der Waals surface area contributed by atoms with Crippen LogP contribution in [0.2, 0.25) is 0 Å². The molecule has 2 aliphatic rings. The van der Waals surface area contributed by atoms with Crippen molar-refractivity contribution in [3.63, 3.8) is 0 Å². The predicted octanol–water partition coefficient (Wildman–Crippen LogP) is 3.57. The van der Waals surface area contributed by atoms with E-state index in [2.05, 4.69) is 45.2 Å². The Kier molecular flexibility index (Phi) is 5.09. The summed E-state index contributed by atoms with van der Waals surface area (Å²) in [7, 11) is -4.22. The third-order valence-electron chi connectivity index (χ3n) is 4.79. The van der Waals surface area contributed by atoms with Gasteiger partial charge in [0, 0.05) is 6.04 Å². The Hall–Kier alpha value is -1.43. The number of rotatable bonds is 4. The summed E-state index contributed by atoms with van der Waals surface area (Å²) < 4.78 is 31.4. The second kappa shape index (κ2) is 6.47. The van der Waals surface area contributed by atoms with Crippen LogP contribution in [0.1, 0.15) is 34.6 Å². The number of hydrogen-bond donors (Lipinski definition) is 2. The first-order chi connectivity index (χ1) is 11.0. The molecule has 0 aromatic heterocycles. The van der Waals surface area contributed by atoms with E-state index < -0.39 is 14.9 Å². The zero-order chi connectivity index (χ0) is 18.2. The molecule has 132 valence electrons. The van der Waals surface area contributed by atoms with E-state index in [4.69, 9.17) is 0 Å². The van der Waals surface area contributed by atoms with Gasteiger partial charge in [0.15, 0.2) is 0 Å². The molecule has 0 radical (unpaired) electrons. The molecule has 24 heavy (non-hydrogen) atoms. The summed E-state index contributed by atoms with van der Waals surface area (Å²) in [5.74, 6) is 0.497. The van der Waals surface area contributed by atoms with Gasteiger partial charge < -0.3 is 5.32 Å². The van der Waals surface area contributed by atoms with E-state index in [1.54, 1.807) is 12.2 Å². The average molecular weight is 349 g/mol. The highest BCUT2D eigenvalue weighted by molar-refractivity contribution is 7.87.